The molecule has 0 aliphatic rings. The molecule has 0 aliphatic heterocycles. The lowest BCUT2D eigenvalue weighted by Gasteiger charge is -2.06. The molecular formula is C16H15NO3. The fraction of sp³-hybridized carbons (Fsp3) is 0.125. The van der Waals surface area contributed by atoms with Gasteiger partial charge >= 0.3 is 0 Å². The van der Waals surface area contributed by atoms with Crippen molar-refractivity contribution in [2.45, 2.75) is 6.61 Å². The van der Waals surface area contributed by atoms with E-state index >= 15 is 0 Å². The van der Waals surface area contributed by atoms with Crippen LogP contribution in [0.4, 0.5) is 5.69 Å². The van der Waals surface area contributed by atoms with E-state index in [4.69, 9.17) is 19.6 Å². The molecule has 3 rings (SSSR count). The van der Waals surface area contributed by atoms with Gasteiger partial charge in [-0.1, -0.05) is 18.2 Å². The minimum atomic E-state index is 0.420. The molecule has 4 heteroatoms. The molecule has 1 heterocycles. The van der Waals surface area contributed by atoms with Crippen LogP contribution in [-0.4, -0.2) is 7.11 Å². The summed E-state index contributed by atoms with van der Waals surface area (Å²) in [5.74, 6) is 1.52. The third-order valence-electron chi connectivity index (χ3n) is 3.15. The molecule has 0 bridgehead atoms. The number of anilines is 1. The largest absolute Gasteiger partial charge is 0.497 e. The van der Waals surface area contributed by atoms with E-state index in [1.54, 1.807) is 13.4 Å². The van der Waals surface area contributed by atoms with Crippen LogP contribution in [-0.2, 0) is 6.61 Å². The van der Waals surface area contributed by atoms with Crippen LogP contribution in [0.15, 0.2) is 53.1 Å². The molecule has 0 atom stereocenters. The Hall–Kier alpha value is -2.62. The van der Waals surface area contributed by atoms with E-state index in [0.29, 0.717) is 17.9 Å². The Kier molecular flexibility index (Phi) is 3.21. The van der Waals surface area contributed by atoms with E-state index in [1.165, 1.54) is 0 Å². The zero-order chi connectivity index (χ0) is 13.9. The first-order chi connectivity index (χ1) is 9.78. The molecule has 0 saturated heterocycles. The van der Waals surface area contributed by atoms with Crippen molar-refractivity contribution in [1.29, 1.82) is 0 Å². The predicted octanol–water partition coefficient (Wildman–Crippen LogP) is 3.60. The number of rotatable bonds is 4. The van der Waals surface area contributed by atoms with Gasteiger partial charge in [0.2, 0.25) is 0 Å². The van der Waals surface area contributed by atoms with Crippen LogP contribution in [0, 0.1) is 0 Å². The lowest BCUT2D eigenvalue weighted by molar-refractivity contribution is 0.303. The number of furan rings is 1. The number of fused-ring (bicyclic) bond motifs is 1. The quantitative estimate of drug-likeness (QED) is 0.735. The van der Waals surface area contributed by atoms with Gasteiger partial charge in [-0.05, 0) is 18.2 Å². The summed E-state index contributed by atoms with van der Waals surface area (Å²) >= 11 is 0. The zero-order valence-electron chi connectivity index (χ0n) is 11.1. The lowest BCUT2D eigenvalue weighted by Crippen LogP contribution is -1.95. The second-order valence-corrected chi connectivity index (χ2v) is 4.45. The summed E-state index contributed by atoms with van der Waals surface area (Å²) in [5.41, 5.74) is 8.17. The van der Waals surface area contributed by atoms with Crippen molar-refractivity contribution in [2.24, 2.45) is 0 Å². The van der Waals surface area contributed by atoms with Gasteiger partial charge in [-0.25, -0.2) is 0 Å². The number of methoxy groups -OCH3 is 1. The molecule has 3 aromatic rings. The van der Waals surface area contributed by atoms with Crippen LogP contribution in [0.1, 0.15) is 5.56 Å². The number of benzene rings is 2. The highest BCUT2D eigenvalue weighted by molar-refractivity contribution is 5.90. The van der Waals surface area contributed by atoms with Crippen LogP contribution in [0.2, 0.25) is 0 Å². The lowest BCUT2D eigenvalue weighted by atomic mass is 10.1. The average Bonchev–Trinajstić information content (AvgIpc) is 2.90. The highest BCUT2D eigenvalue weighted by Gasteiger charge is 2.08. The molecule has 2 N–H and O–H groups in total. The smallest absolute Gasteiger partial charge is 0.157 e. The molecule has 4 nitrogen and oxygen atoms in total. The summed E-state index contributed by atoms with van der Waals surface area (Å²) in [6.45, 7) is 0.420. The first-order valence-corrected chi connectivity index (χ1v) is 6.29. The highest BCUT2D eigenvalue weighted by atomic mass is 16.5. The van der Waals surface area contributed by atoms with Crippen molar-refractivity contribution in [2.75, 3.05) is 12.8 Å². The van der Waals surface area contributed by atoms with Crippen molar-refractivity contribution >= 4 is 16.7 Å². The molecule has 102 valence electrons. The molecule has 1 aromatic heterocycles. The van der Waals surface area contributed by atoms with E-state index in [2.05, 4.69) is 0 Å². The van der Waals surface area contributed by atoms with Crippen LogP contribution < -0.4 is 15.2 Å². The first-order valence-electron chi connectivity index (χ1n) is 6.29. The fourth-order valence-corrected chi connectivity index (χ4v) is 2.10. The third kappa shape index (κ3) is 2.28. The van der Waals surface area contributed by atoms with Crippen LogP contribution in [0.5, 0.6) is 11.5 Å². The third-order valence-corrected chi connectivity index (χ3v) is 3.15. The van der Waals surface area contributed by atoms with Gasteiger partial charge in [0.25, 0.3) is 0 Å². The number of nitrogens with two attached hydrogens (primary N) is 1. The molecule has 0 fully saturated rings. The number of hydrogen-bond acceptors (Lipinski definition) is 4. The van der Waals surface area contributed by atoms with Crippen molar-refractivity contribution < 1.29 is 13.9 Å². The Morgan fingerprint density at radius 2 is 1.90 bits per heavy atom. The second-order valence-electron chi connectivity index (χ2n) is 4.45. The Bertz CT molecular complexity index is 733. The van der Waals surface area contributed by atoms with E-state index in [1.807, 2.05) is 42.5 Å². The van der Waals surface area contributed by atoms with Gasteiger partial charge in [0.05, 0.1) is 19.1 Å². The Labute approximate surface area is 116 Å². The summed E-state index contributed by atoms with van der Waals surface area (Å²) in [4.78, 5) is 0. The molecule has 2 aromatic carbocycles. The predicted molar refractivity (Wildman–Crippen MR) is 78.0 cm³/mol. The fourth-order valence-electron chi connectivity index (χ4n) is 2.10. The summed E-state index contributed by atoms with van der Waals surface area (Å²) in [5, 5.41) is 0.980. The maximum Gasteiger partial charge on any atom is 0.157 e. The second kappa shape index (κ2) is 5.17. The standard InChI is InChI=1S/C16H15NO3/c1-18-12-4-2-5-13(8-12)19-9-11-10-20-16-14(11)6-3-7-15(16)17/h2-8,10H,9,17H2,1H3. The van der Waals surface area contributed by atoms with Gasteiger partial charge in [0, 0.05) is 17.0 Å². The number of nitrogen functional groups attached to an aromatic ring is 1. The van der Waals surface area contributed by atoms with Crippen molar-refractivity contribution in [3.8, 4) is 11.5 Å². The Balaban J connectivity index is 1.81. The van der Waals surface area contributed by atoms with E-state index in [9.17, 15) is 0 Å². The molecule has 0 unspecified atom stereocenters. The highest BCUT2D eigenvalue weighted by Crippen LogP contribution is 2.27. The van der Waals surface area contributed by atoms with Gasteiger partial charge in [0.1, 0.15) is 18.1 Å². The van der Waals surface area contributed by atoms with Crippen molar-refractivity contribution in [3.63, 3.8) is 0 Å². The normalized spacial score (nSPS) is 10.7. The maximum absolute atomic E-state index is 5.86. The van der Waals surface area contributed by atoms with Crippen molar-refractivity contribution in [1.82, 2.24) is 0 Å². The SMILES string of the molecule is COc1cccc(OCc2coc3c(N)cccc23)c1. The molecule has 0 amide bonds. The number of para-hydroxylation sites is 1. The van der Waals surface area contributed by atoms with Crippen molar-refractivity contribution in [3.05, 3.63) is 54.3 Å². The molecule has 0 aliphatic carbocycles. The molecule has 0 radical (unpaired) electrons. The number of hydrogen-bond donors (Lipinski definition) is 1. The molecular weight excluding hydrogens is 254 g/mol. The Morgan fingerprint density at radius 3 is 2.75 bits per heavy atom. The van der Waals surface area contributed by atoms with Gasteiger partial charge in [-0.15, -0.1) is 0 Å². The van der Waals surface area contributed by atoms with Gasteiger partial charge in [-0.2, -0.15) is 0 Å². The van der Waals surface area contributed by atoms with E-state index < -0.39 is 0 Å². The average molecular weight is 269 g/mol. The molecule has 0 spiro atoms. The summed E-state index contributed by atoms with van der Waals surface area (Å²) in [7, 11) is 1.63. The Morgan fingerprint density at radius 1 is 1.10 bits per heavy atom. The van der Waals surface area contributed by atoms with Gasteiger partial charge in [0.15, 0.2) is 5.58 Å². The van der Waals surface area contributed by atoms with Gasteiger partial charge < -0.3 is 19.6 Å². The summed E-state index contributed by atoms with van der Waals surface area (Å²) < 4.78 is 16.4. The maximum atomic E-state index is 5.86. The van der Waals surface area contributed by atoms with Crippen LogP contribution >= 0.6 is 0 Å². The minimum absolute atomic E-state index is 0.420. The monoisotopic (exact) mass is 269 g/mol. The first kappa shape index (κ1) is 12.4. The topological polar surface area (TPSA) is 57.6 Å². The van der Waals surface area contributed by atoms with E-state index in [0.717, 1.165) is 22.4 Å². The van der Waals surface area contributed by atoms with Gasteiger partial charge in [-0.3, -0.25) is 0 Å². The number of ether oxygens (including phenoxy) is 2. The van der Waals surface area contributed by atoms with Crippen LogP contribution in [0.3, 0.4) is 0 Å². The zero-order valence-corrected chi connectivity index (χ0v) is 11.1. The molecule has 0 saturated carbocycles. The summed E-state index contributed by atoms with van der Waals surface area (Å²) in [6.07, 6.45) is 1.68. The molecule has 20 heavy (non-hydrogen) atoms. The van der Waals surface area contributed by atoms with Crippen LogP contribution in [0.25, 0.3) is 11.0 Å². The summed E-state index contributed by atoms with van der Waals surface area (Å²) in [6, 6.07) is 13.2. The van der Waals surface area contributed by atoms with E-state index in [-0.39, 0.29) is 0 Å². The minimum Gasteiger partial charge on any atom is -0.497 e.